The van der Waals surface area contributed by atoms with Crippen molar-refractivity contribution in [2.45, 2.75) is 45.2 Å². The molecule has 0 fully saturated rings. The molecule has 2 rings (SSSR count). The molecular weight excluding hydrogens is 236 g/mol. The summed E-state index contributed by atoms with van der Waals surface area (Å²) in [5.74, 6) is 0.935. The third-order valence-electron chi connectivity index (χ3n) is 4.05. The molecule has 0 aliphatic carbocycles. The van der Waals surface area contributed by atoms with Crippen molar-refractivity contribution in [3.63, 3.8) is 0 Å². The lowest BCUT2D eigenvalue weighted by molar-refractivity contribution is 0.215. The number of benzene rings is 1. The highest BCUT2D eigenvalue weighted by Gasteiger charge is 2.28. The van der Waals surface area contributed by atoms with E-state index in [0.717, 1.165) is 18.8 Å². The van der Waals surface area contributed by atoms with Gasteiger partial charge in [0.15, 0.2) is 0 Å². The highest BCUT2D eigenvalue weighted by Crippen LogP contribution is 2.35. The van der Waals surface area contributed by atoms with E-state index in [1.807, 2.05) is 6.07 Å². The molecule has 2 N–H and O–H groups in total. The van der Waals surface area contributed by atoms with Crippen molar-refractivity contribution in [1.29, 1.82) is 0 Å². The zero-order chi connectivity index (χ0) is 13.7. The van der Waals surface area contributed by atoms with Gasteiger partial charge in [0, 0.05) is 19.1 Å². The van der Waals surface area contributed by atoms with Crippen LogP contribution in [-0.4, -0.2) is 25.1 Å². The van der Waals surface area contributed by atoms with Crippen LogP contribution in [0.5, 0.6) is 5.75 Å². The van der Waals surface area contributed by atoms with Gasteiger partial charge in [-0.15, -0.1) is 0 Å². The fourth-order valence-corrected chi connectivity index (χ4v) is 2.93. The molecule has 19 heavy (non-hydrogen) atoms. The van der Waals surface area contributed by atoms with Gasteiger partial charge in [-0.3, -0.25) is 4.90 Å². The first-order valence-corrected chi connectivity index (χ1v) is 7.41. The molecule has 0 saturated heterocycles. The lowest BCUT2D eigenvalue weighted by atomic mass is 10.0. The summed E-state index contributed by atoms with van der Waals surface area (Å²) < 4.78 is 5.32. The molecule has 0 radical (unpaired) electrons. The van der Waals surface area contributed by atoms with E-state index in [1.54, 1.807) is 7.11 Å². The first-order chi connectivity index (χ1) is 9.30. The van der Waals surface area contributed by atoms with Crippen LogP contribution in [0.2, 0.25) is 0 Å². The minimum Gasteiger partial charge on any atom is -0.497 e. The summed E-state index contributed by atoms with van der Waals surface area (Å²) >= 11 is 0. The van der Waals surface area contributed by atoms with Gasteiger partial charge in [0.25, 0.3) is 0 Å². The van der Waals surface area contributed by atoms with Crippen molar-refractivity contribution in [1.82, 2.24) is 4.90 Å². The Labute approximate surface area is 116 Å². The maximum Gasteiger partial charge on any atom is 0.119 e. The topological polar surface area (TPSA) is 38.5 Å². The number of methoxy groups -OCH3 is 1. The Hall–Kier alpha value is -1.06. The third-order valence-corrected chi connectivity index (χ3v) is 4.05. The van der Waals surface area contributed by atoms with Crippen molar-refractivity contribution in [3.05, 3.63) is 29.3 Å². The molecule has 3 nitrogen and oxygen atoms in total. The fraction of sp³-hybridized carbons (Fsp3) is 0.625. The number of nitrogens with two attached hydrogens (primary N) is 1. The SMILES string of the molecule is CCCCCCN1Cc2ccc(OC)cc2C1CN. The number of unbranched alkanes of at least 4 members (excludes halogenated alkanes) is 3. The third kappa shape index (κ3) is 3.28. The zero-order valence-electron chi connectivity index (χ0n) is 12.2. The van der Waals surface area contributed by atoms with Gasteiger partial charge < -0.3 is 10.5 Å². The normalized spacial score (nSPS) is 18.6. The maximum absolute atomic E-state index is 5.98. The number of nitrogens with zero attached hydrogens (tertiary/aromatic N) is 1. The van der Waals surface area contributed by atoms with Crippen LogP contribution in [0.4, 0.5) is 0 Å². The van der Waals surface area contributed by atoms with Gasteiger partial charge in [0.1, 0.15) is 5.75 Å². The summed E-state index contributed by atoms with van der Waals surface area (Å²) in [4.78, 5) is 2.51. The van der Waals surface area contributed by atoms with Crippen LogP contribution in [-0.2, 0) is 6.54 Å². The van der Waals surface area contributed by atoms with Gasteiger partial charge >= 0.3 is 0 Å². The maximum atomic E-state index is 5.98. The zero-order valence-corrected chi connectivity index (χ0v) is 12.2. The molecule has 1 atom stereocenters. The Bertz CT molecular complexity index is 406. The molecule has 1 aliphatic rings. The summed E-state index contributed by atoms with van der Waals surface area (Å²) in [6.07, 6.45) is 5.22. The average Bonchev–Trinajstić information content (AvgIpc) is 2.79. The Morgan fingerprint density at radius 1 is 1.32 bits per heavy atom. The van der Waals surface area contributed by atoms with Gasteiger partial charge in [0.2, 0.25) is 0 Å². The molecular formula is C16H26N2O. The van der Waals surface area contributed by atoms with E-state index in [9.17, 15) is 0 Å². The lowest BCUT2D eigenvalue weighted by Crippen LogP contribution is -2.28. The van der Waals surface area contributed by atoms with E-state index in [-0.39, 0.29) is 0 Å². The number of hydrogen-bond donors (Lipinski definition) is 1. The quantitative estimate of drug-likeness (QED) is 0.767. The Balaban J connectivity index is 2.01. The van der Waals surface area contributed by atoms with Crippen molar-refractivity contribution in [2.75, 3.05) is 20.2 Å². The van der Waals surface area contributed by atoms with E-state index in [1.165, 1.54) is 36.8 Å². The largest absolute Gasteiger partial charge is 0.497 e. The molecule has 0 spiro atoms. The molecule has 1 aliphatic heterocycles. The second-order valence-electron chi connectivity index (χ2n) is 5.35. The summed E-state index contributed by atoms with van der Waals surface area (Å²) in [7, 11) is 1.72. The van der Waals surface area contributed by atoms with E-state index < -0.39 is 0 Å². The summed E-state index contributed by atoms with van der Waals surface area (Å²) in [5, 5.41) is 0. The molecule has 0 bridgehead atoms. The summed E-state index contributed by atoms with van der Waals surface area (Å²) in [5.41, 5.74) is 8.75. The van der Waals surface area contributed by atoms with E-state index in [2.05, 4.69) is 24.0 Å². The monoisotopic (exact) mass is 262 g/mol. The highest BCUT2D eigenvalue weighted by atomic mass is 16.5. The van der Waals surface area contributed by atoms with E-state index in [0.29, 0.717) is 12.6 Å². The molecule has 1 unspecified atom stereocenters. The van der Waals surface area contributed by atoms with Crippen molar-refractivity contribution < 1.29 is 4.74 Å². The van der Waals surface area contributed by atoms with Crippen LogP contribution < -0.4 is 10.5 Å². The second kappa shape index (κ2) is 6.92. The molecule has 0 amide bonds. The highest BCUT2D eigenvalue weighted by molar-refractivity contribution is 5.40. The molecule has 1 aromatic rings. The van der Waals surface area contributed by atoms with Crippen molar-refractivity contribution in [3.8, 4) is 5.75 Å². The molecule has 1 aromatic carbocycles. The summed E-state index contributed by atoms with van der Waals surface area (Å²) in [6, 6.07) is 6.75. The van der Waals surface area contributed by atoms with E-state index >= 15 is 0 Å². The fourth-order valence-electron chi connectivity index (χ4n) is 2.93. The standard InChI is InChI=1S/C16H26N2O/c1-3-4-5-6-9-18-12-13-7-8-14(19-2)10-15(13)16(18)11-17/h7-8,10,16H,3-6,9,11-12,17H2,1-2H3. The minimum absolute atomic E-state index is 0.367. The van der Waals surface area contributed by atoms with E-state index in [4.69, 9.17) is 10.5 Å². The van der Waals surface area contributed by atoms with Crippen molar-refractivity contribution >= 4 is 0 Å². The van der Waals surface area contributed by atoms with Crippen LogP contribution in [0.25, 0.3) is 0 Å². The van der Waals surface area contributed by atoms with Crippen LogP contribution >= 0.6 is 0 Å². The molecule has 0 aromatic heterocycles. The predicted octanol–water partition coefficient (Wildman–Crippen LogP) is 3.09. The van der Waals surface area contributed by atoms with Gasteiger partial charge in [-0.1, -0.05) is 32.3 Å². The number of rotatable bonds is 7. The first-order valence-electron chi connectivity index (χ1n) is 7.41. The first kappa shape index (κ1) is 14.4. The number of ether oxygens (including phenoxy) is 1. The Kier molecular flexibility index (Phi) is 5.23. The Morgan fingerprint density at radius 2 is 2.16 bits per heavy atom. The molecule has 3 heteroatoms. The van der Waals surface area contributed by atoms with Crippen molar-refractivity contribution in [2.24, 2.45) is 5.73 Å². The Morgan fingerprint density at radius 3 is 2.84 bits per heavy atom. The van der Waals surface area contributed by atoms with Gasteiger partial charge in [-0.25, -0.2) is 0 Å². The van der Waals surface area contributed by atoms with Gasteiger partial charge in [-0.05, 0) is 36.2 Å². The minimum atomic E-state index is 0.367. The average molecular weight is 262 g/mol. The van der Waals surface area contributed by atoms with Crippen LogP contribution in [0.1, 0.15) is 49.8 Å². The van der Waals surface area contributed by atoms with Crippen LogP contribution in [0.15, 0.2) is 18.2 Å². The smallest absolute Gasteiger partial charge is 0.119 e. The van der Waals surface area contributed by atoms with Crippen LogP contribution in [0, 0.1) is 0 Å². The van der Waals surface area contributed by atoms with Gasteiger partial charge in [0.05, 0.1) is 7.11 Å². The lowest BCUT2D eigenvalue weighted by Gasteiger charge is -2.23. The predicted molar refractivity (Wildman–Crippen MR) is 79.3 cm³/mol. The molecule has 0 saturated carbocycles. The van der Waals surface area contributed by atoms with Crippen LogP contribution in [0.3, 0.4) is 0 Å². The summed E-state index contributed by atoms with van der Waals surface area (Å²) in [6.45, 7) is 5.13. The number of fused-ring (bicyclic) bond motifs is 1. The van der Waals surface area contributed by atoms with Gasteiger partial charge in [-0.2, -0.15) is 0 Å². The molecule has 106 valence electrons. The number of hydrogen-bond acceptors (Lipinski definition) is 3. The molecule has 1 heterocycles. The second-order valence-corrected chi connectivity index (χ2v) is 5.35.